The van der Waals surface area contributed by atoms with Gasteiger partial charge in [-0.2, -0.15) is 0 Å². The molecule has 0 saturated carbocycles. The summed E-state index contributed by atoms with van der Waals surface area (Å²) in [4.78, 5) is 4.72. The van der Waals surface area contributed by atoms with Crippen molar-refractivity contribution < 1.29 is 9.50 Å². The first-order valence-corrected chi connectivity index (χ1v) is 9.10. The molecule has 136 valence electrons. The van der Waals surface area contributed by atoms with Crippen molar-refractivity contribution in [1.82, 2.24) is 9.80 Å². The lowest BCUT2D eigenvalue weighted by Gasteiger charge is -2.40. The second-order valence-electron chi connectivity index (χ2n) is 6.67. The van der Waals surface area contributed by atoms with Crippen LogP contribution in [-0.2, 0) is 6.54 Å². The van der Waals surface area contributed by atoms with E-state index in [1.807, 2.05) is 42.5 Å². The molecule has 1 saturated heterocycles. The lowest BCUT2D eigenvalue weighted by Crippen LogP contribution is -2.52. The number of aliphatic hydroxyl groups excluding tert-OH is 1. The smallest absolute Gasteiger partial charge is 0.123 e. The minimum absolute atomic E-state index is 0.175. The Balaban J connectivity index is 1.57. The third-order valence-electron chi connectivity index (χ3n) is 4.76. The van der Waals surface area contributed by atoms with Gasteiger partial charge in [0.25, 0.3) is 0 Å². The number of aliphatic hydroxyl groups is 1. The molecular weight excluding hydrogens is 327 g/mol. The molecular formula is C22H25FN2O. The van der Waals surface area contributed by atoms with Gasteiger partial charge in [0, 0.05) is 44.4 Å². The van der Waals surface area contributed by atoms with Crippen LogP contribution in [0, 0.1) is 17.7 Å². The molecule has 0 unspecified atom stereocenters. The average Bonchev–Trinajstić information content (AvgIpc) is 2.66. The highest BCUT2D eigenvalue weighted by Gasteiger charge is 2.26. The Bertz CT molecular complexity index is 736. The first-order valence-electron chi connectivity index (χ1n) is 9.10. The third-order valence-corrected chi connectivity index (χ3v) is 4.76. The molecule has 1 N–H and O–H groups in total. The quantitative estimate of drug-likeness (QED) is 0.839. The van der Waals surface area contributed by atoms with Gasteiger partial charge >= 0.3 is 0 Å². The van der Waals surface area contributed by atoms with E-state index < -0.39 is 0 Å². The van der Waals surface area contributed by atoms with Crippen molar-refractivity contribution >= 4 is 0 Å². The van der Waals surface area contributed by atoms with Gasteiger partial charge in [0.2, 0.25) is 0 Å². The highest BCUT2D eigenvalue weighted by atomic mass is 19.1. The van der Waals surface area contributed by atoms with E-state index in [4.69, 9.17) is 0 Å². The van der Waals surface area contributed by atoms with E-state index in [0.29, 0.717) is 0 Å². The van der Waals surface area contributed by atoms with Crippen LogP contribution < -0.4 is 0 Å². The Morgan fingerprint density at radius 2 is 1.81 bits per heavy atom. The number of piperazine rings is 1. The highest BCUT2D eigenvalue weighted by molar-refractivity contribution is 5.33. The first kappa shape index (κ1) is 18.6. The van der Waals surface area contributed by atoms with E-state index in [9.17, 15) is 9.50 Å². The zero-order valence-corrected chi connectivity index (χ0v) is 14.9. The van der Waals surface area contributed by atoms with Gasteiger partial charge in [-0.25, -0.2) is 4.39 Å². The molecule has 3 rings (SSSR count). The van der Waals surface area contributed by atoms with Crippen molar-refractivity contribution in [2.75, 3.05) is 32.8 Å². The van der Waals surface area contributed by atoms with Gasteiger partial charge in [-0.3, -0.25) is 9.80 Å². The standard InChI is InChI=1S/C22H25FN2O/c23-21-10-8-20(9-11-21)17-25-15-14-24(18-22(25)12-16-26)13-4-7-19-5-2-1-3-6-19/h1-3,5-6,8-11,22,26H,12-18H2/t22-/m0/s1. The molecule has 0 bridgehead atoms. The fourth-order valence-electron chi connectivity index (χ4n) is 3.33. The summed E-state index contributed by atoms with van der Waals surface area (Å²) in [5, 5.41) is 9.43. The predicted molar refractivity (Wildman–Crippen MR) is 102 cm³/mol. The molecule has 0 aliphatic carbocycles. The number of benzene rings is 2. The highest BCUT2D eigenvalue weighted by Crippen LogP contribution is 2.16. The minimum atomic E-state index is -0.206. The molecule has 1 aliphatic heterocycles. The number of rotatable bonds is 5. The van der Waals surface area contributed by atoms with Gasteiger partial charge in [-0.15, -0.1) is 0 Å². The van der Waals surface area contributed by atoms with Crippen molar-refractivity contribution in [3.63, 3.8) is 0 Å². The molecule has 1 fully saturated rings. The summed E-state index contributed by atoms with van der Waals surface area (Å²) in [6.45, 7) is 4.47. The number of halogens is 1. The molecule has 2 aromatic carbocycles. The van der Waals surface area contributed by atoms with Crippen molar-refractivity contribution in [2.24, 2.45) is 0 Å². The maximum atomic E-state index is 13.1. The number of hydrogen-bond acceptors (Lipinski definition) is 3. The Kier molecular flexibility index (Phi) is 6.79. The van der Waals surface area contributed by atoms with E-state index >= 15 is 0 Å². The summed E-state index contributed by atoms with van der Waals surface area (Å²) in [5.74, 6) is 6.26. The maximum absolute atomic E-state index is 13.1. The lowest BCUT2D eigenvalue weighted by molar-refractivity contribution is 0.0605. The third kappa shape index (κ3) is 5.40. The fraction of sp³-hybridized carbons (Fsp3) is 0.364. The molecule has 4 heteroatoms. The van der Waals surface area contributed by atoms with Crippen LogP contribution in [0.3, 0.4) is 0 Å². The van der Waals surface area contributed by atoms with Gasteiger partial charge in [-0.1, -0.05) is 42.2 Å². The molecule has 26 heavy (non-hydrogen) atoms. The first-order chi connectivity index (χ1) is 12.7. The van der Waals surface area contributed by atoms with Gasteiger partial charge in [-0.05, 0) is 36.2 Å². The zero-order valence-electron chi connectivity index (χ0n) is 14.9. The average molecular weight is 352 g/mol. The second kappa shape index (κ2) is 9.49. The molecule has 2 aromatic rings. The Morgan fingerprint density at radius 3 is 2.54 bits per heavy atom. The van der Waals surface area contributed by atoms with Crippen molar-refractivity contribution in [3.8, 4) is 11.8 Å². The lowest BCUT2D eigenvalue weighted by atomic mass is 10.1. The van der Waals surface area contributed by atoms with Crippen LogP contribution >= 0.6 is 0 Å². The SMILES string of the molecule is OCC[C@H]1CN(CC#Cc2ccccc2)CCN1Cc1ccc(F)cc1. The normalized spacial score (nSPS) is 18.3. The van der Waals surface area contributed by atoms with Crippen LogP contribution in [0.25, 0.3) is 0 Å². The molecule has 0 spiro atoms. The maximum Gasteiger partial charge on any atom is 0.123 e. The topological polar surface area (TPSA) is 26.7 Å². The predicted octanol–water partition coefficient (Wildman–Crippen LogP) is 2.75. The van der Waals surface area contributed by atoms with Crippen molar-refractivity contribution in [3.05, 3.63) is 71.5 Å². The summed E-state index contributed by atoms with van der Waals surface area (Å²) in [6.07, 6.45) is 0.740. The van der Waals surface area contributed by atoms with Crippen LogP contribution in [0.15, 0.2) is 54.6 Å². The summed E-state index contributed by atoms with van der Waals surface area (Å²) >= 11 is 0. The summed E-state index contributed by atoms with van der Waals surface area (Å²) in [6, 6.07) is 17.0. The van der Waals surface area contributed by atoms with Crippen LogP contribution in [0.5, 0.6) is 0 Å². The molecule has 1 aliphatic rings. The van der Waals surface area contributed by atoms with Gasteiger partial charge in [0.15, 0.2) is 0 Å². The van der Waals surface area contributed by atoms with E-state index in [1.165, 1.54) is 12.1 Å². The van der Waals surface area contributed by atoms with E-state index in [1.54, 1.807) is 0 Å². The molecule has 3 nitrogen and oxygen atoms in total. The monoisotopic (exact) mass is 352 g/mol. The number of hydrogen-bond donors (Lipinski definition) is 1. The Morgan fingerprint density at radius 1 is 1.04 bits per heavy atom. The molecule has 0 radical (unpaired) electrons. The van der Waals surface area contributed by atoms with Crippen LogP contribution in [-0.4, -0.2) is 53.7 Å². The molecule has 0 amide bonds. The van der Waals surface area contributed by atoms with Crippen molar-refractivity contribution in [1.29, 1.82) is 0 Å². The fourth-order valence-corrected chi connectivity index (χ4v) is 3.33. The van der Waals surface area contributed by atoms with E-state index in [-0.39, 0.29) is 18.5 Å². The Hall–Kier alpha value is -2.19. The zero-order chi connectivity index (χ0) is 18.2. The second-order valence-corrected chi connectivity index (χ2v) is 6.67. The van der Waals surface area contributed by atoms with Crippen molar-refractivity contribution in [2.45, 2.75) is 19.0 Å². The minimum Gasteiger partial charge on any atom is -0.396 e. The summed E-state index contributed by atoms with van der Waals surface area (Å²) in [5.41, 5.74) is 2.14. The van der Waals surface area contributed by atoms with E-state index in [0.717, 1.165) is 50.3 Å². The molecule has 1 heterocycles. The van der Waals surface area contributed by atoms with Gasteiger partial charge in [0.05, 0.1) is 6.54 Å². The Labute approximate surface area is 155 Å². The summed E-state index contributed by atoms with van der Waals surface area (Å²) in [7, 11) is 0. The van der Waals surface area contributed by atoms with Crippen LogP contribution in [0.4, 0.5) is 4.39 Å². The summed E-state index contributed by atoms with van der Waals surface area (Å²) < 4.78 is 13.1. The van der Waals surface area contributed by atoms with Crippen LogP contribution in [0.2, 0.25) is 0 Å². The van der Waals surface area contributed by atoms with Gasteiger partial charge in [0.1, 0.15) is 5.82 Å². The van der Waals surface area contributed by atoms with Gasteiger partial charge < -0.3 is 5.11 Å². The molecule has 0 aromatic heterocycles. The number of nitrogens with zero attached hydrogens (tertiary/aromatic N) is 2. The van der Waals surface area contributed by atoms with Crippen LogP contribution in [0.1, 0.15) is 17.5 Å². The van der Waals surface area contributed by atoms with E-state index in [2.05, 4.69) is 21.6 Å². The molecule has 1 atom stereocenters. The largest absolute Gasteiger partial charge is 0.396 e.